The molecule has 3 aromatic carbocycles. The number of esters is 2. The van der Waals surface area contributed by atoms with Crippen LogP contribution in [0, 0.1) is 0 Å². The molecule has 0 atom stereocenters. The molecule has 11 nitrogen and oxygen atoms in total. The summed E-state index contributed by atoms with van der Waals surface area (Å²) >= 11 is 2.87. The molecule has 0 radical (unpaired) electrons. The molecule has 48 heavy (non-hydrogen) atoms. The molecule has 2 aromatic heterocycles. The summed E-state index contributed by atoms with van der Waals surface area (Å²) in [5.74, 6) is 0.0943. The number of aromatic nitrogens is 1. The number of azo groups is 2. The van der Waals surface area contributed by atoms with E-state index in [4.69, 9.17) is 14.2 Å². The summed E-state index contributed by atoms with van der Waals surface area (Å²) in [6.07, 6.45) is 2.53. The Morgan fingerprint density at radius 2 is 1.46 bits per heavy atom. The molecule has 5 rings (SSSR count). The Kier molecular flexibility index (Phi) is 12.1. The number of unbranched alkanes of at least 4 members (excludes halogenated alkanes) is 1. The van der Waals surface area contributed by atoms with Crippen molar-refractivity contribution in [3.63, 3.8) is 0 Å². The Balaban J connectivity index is 1.08. The third-order valence-electron chi connectivity index (χ3n) is 6.91. The molecule has 0 fully saturated rings. The van der Waals surface area contributed by atoms with Gasteiger partial charge >= 0.3 is 11.9 Å². The molecule has 0 aliphatic rings. The van der Waals surface area contributed by atoms with E-state index in [0.29, 0.717) is 47.5 Å². The number of nitrogens with zero attached hydrogens (tertiary/aromatic N) is 6. The maximum Gasteiger partial charge on any atom is 0.343 e. The van der Waals surface area contributed by atoms with Crippen molar-refractivity contribution in [3.05, 3.63) is 97.1 Å². The fourth-order valence-corrected chi connectivity index (χ4v) is 6.24. The number of thiazole rings is 1. The van der Waals surface area contributed by atoms with Crippen LogP contribution in [0.25, 0.3) is 9.53 Å². The zero-order valence-corrected chi connectivity index (χ0v) is 28.2. The Bertz CT molecular complexity index is 1850. The van der Waals surface area contributed by atoms with Gasteiger partial charge in [0, 0.05) is 24.9 Å². The van der Waals surface area contributed by atoms with Gasteiger partial charge in [-0.2, -0.15) is 0 Å². The van der Waals surface area contributed by atoms with Gasteiger partial charge in [-0.05, 0) is 106 Å². The molecule has 0 aliphatic carbocycles. The number of thiophene rings is 1. The average Bonchev–Trinajstić information content (AvgIpc) is 3.68. The molecular formula is C35H34N6O5S2. The van der Waals surface area contributed by atoms with Crippen LogP contribution in [-0.4, -0.2) is 43.2 Å². The summed E-state index contributed by atoms with van der Waals surface area (Å²) < 4.78 is 17.1. The van der Waals surface area contributed by atoms with Crippen molar-refractivity contribution < 1.29 is 23.8 Å². The highest BCUT2D eigenvalue weighted by molar-refractivity contribution is 7.30. The highest BCUT2D eigenvalue weighted by Crippen LogP contribution is 2.39. The normalized spacial score (nSPS) is 11.3. The Morgan fingerprint density at radius 1 is 0.812 bits per heavy atom. The van der Waals surface area contributed by atoms with E-state index in [1.54, 1.807) is 48.5 Å². The largest absolute Gasteiger partial charge is 0.494 e. The minimum absolute atomic E-state index is 0.318. The zero-order valence-electron chi connectivity index (χ0n) is 26.6. The topological polar surface area (TPSA) is 127 Å². The number of benzene rings is 3. The van der Waals surface area contributed by atoms with E-state index in [1.807, 2.05) is 18.2 Å². The maximum atomic E-state index is 12.6. The predicted molar refractivity (Wildman–Crippen MR) is 190 cm³/mol. The summed E-state index contributed by atoms with van der Waals surface area (Å²) in [6.45, 7) is 10.3. The van der Waals surface area contributed by atoms with Crippen molar-refractivity contribution in [1.82, 2.24) is 4.98 Å². The van der Waals surface area contributed by atoms with E-state index in [2.05, 4.69) is 62.9 Å². The van der Waals surface area contributed by atoms with E-state index in [9.17, 15) is 9.59 Å². The van der Waals surface area contributed by atoms with Crippen LogP contribution in [-0.2, 0) is 9.53 Å². The van der Waals surface area contributed by atoms with Crippen LogP contribution in [0.1, 0.15) is 37.0 Å². The maximum absolute atomic E-state index is 12.6. The SMILES string of the molecule is C=CC(=O)OCCCCOc1ccc(C(=O)Oc2ccc(N=Nc3cc4sc(N=Nc5ccc(N(CC)CC)cc5)nc4s3)cc2)cc1. The Morgan fingerprint density at radius 3 is 2.12 bits per heavy atom. The van der Waals surface area contributed by atoms with Crippen molar-refractivity contribution >= 4 is 71.3 Å². The number of fused-ring (bicyclic) bond motifs is 1. The molecule has 0 saturated carbocycles. The summed E-state index contributed by atoms with van der Waals surface area (Å²) in [6, 6.07) is 23.4. The Labute approximate surface area is 286 Å². The first-order valence-corrected chi connectivity index (χ1v) is 17.0. The molecule has 5 aromatic rings. The molecule has 0 N–H and O–H groups in total. The van der Waals surface area contributed by atoms with Crippen LogP contribution < -0.4 is 14.4 Å². The molecule has 0 bridgehead atoms. The van der Waals surface area contributed by atoms with Crippen LogP contribution in [0.5, 0.6) is 11.5 Å². The highest BCUT2D eigenvalue weighted by atomic mass is 32.1. The lowest BCUT2D eigenvalue weighted by Crippen LogP contribution is -2.21. The van der Waals surface area contributed by atoms with E-state index in [-0.39, 0.29) is 0 Å². The van der Waals surface area contributed by atoms with Crippen LogP contribution in [0.2, 0.25) is 0 Å². The fourth-order valence-electron chi connectivity index (χ4n) is 4.39. The van der Waals surface area contributed by atoms with Gasteiger partial charge in [-0.1, -0.05) is 29.3 Å². The lowest BCUT2D eigenvalue weighted by Gasteiger charge is -2.20. The van der Waals surface area contributed by atoms with Crippen molar-refractivity contribution in [2.45, 2.75) is 26.7 Å². The van der Waals surface area contributed by atoms with E-state index in [1.165, 1.54) is 22.7 Å². The molecule has 0 aliphatic heterocycles. The van der Waals surface area contributed by atoms with Crippen LogP contribution >= 0.6 is 22.7 Å². The van der Waals surface area contributed by atoms with Gasteiger partial charge in [0.05, 0.1) is 34.9 Å². The first kappa shape index (κ1) is 34.1. The van der Waals surface area contributed by atoms with Crippen LogP contribution in [0.4, 0.5) is 27.2 Å². The van der Waals surface area contributed by atoms with Gasteiger partial charge in [-0.25, -0.2) is 14.6 Å². The van der Waals surface area contributed by atoms with Gasteiger partial charge in [0.25, 0.3) is 0 Å². The van der Waals surface area contributed by atoms with Crippen molar-refractivity contribution in [1.29, 1.82) is 0 Å². The summed E-state index contributed by atoms with van der Waals surface area (Å²) in [4.78, 5) is 31.3. The molecule has 0 unspecified atom stereocenters. The van der Waals surface area contributed by atoms with Crippen molar-refractivity contribution in [3.8, 4) is 11.5 Å². The number of hydrogen-bond acceptors (Lipinski definition) is 13. The van der Waals surface area contributed by atoms with Gasteiger partial charge in [0.1, 0.15) is 21.3 Å². The second kappa shape index (κ2) is 17.0. The van der Waals surface area contributed by atoms with E-state index in [0.717, 1.165) is 51.5 Å². The summed E-state index contributed by atoms with van der Waals surface area (Å²) in [5, 5.41) is 18.6. The summed E-state index contributed by atoms with van der Waals surface area (Å²) in [5.41, 5.74) is 2.94. The van der Waals surface area contributed by atoms with Crippen LogP contribution in [0.3, 0.4) is 0 Å². The number of carbonyl (C=O) groups is 2. The van der Waals surface area contributed by atoms with E-state index >= 15 is 0 Å². The smallest absolute Gasteiger partial charge is 0.343 e. The zero-order chi connectivity index (χ0) is 33.7. The third-order valence-corrected chi connectivity index (χ3v) is 8.84. The Hall–Kier alpha value is -5.27. The summed E-state index contributed by atoms with van der Waals surface area (Å²) in [7, 11) is 0. The molecule has 0 amide bonds. The van der Waals surface area contributed by atoms with Crippen molar-refractivity contribution in [2.24, 2.45) is 20.5 Å². The molecule has 0 spiro atoms. The monoisotopic (exact) mass is 682 g/mol. The number of carbonyl (C=O) groups excluding carboxylic acids is 2. The first-order valence-electron chi connectivity index (χ1n) is 15.4. The number of ether oxygens (including phenoxy) is 3. The predicted octanol–water partition coefficient (Wildman–Crippen LogP) is 10.1. The highest BCUT2D eigenvalue weighted by Gasteiger charge is 2.11. The van der Waals surface area contributed by atoms with Crippen LogP contribution in [0.15, 0.2) is 112 Å². The van der Waals surface area contributed by atoms with Gasteiger partial charge in [0.2, 0.25) is 5.13 Å². The van der Waals surface area contributed by atoms with Gasteiger partial charge in [-0.15, -0.1) is 20.5 Å². The molecule has 2 heterocycles. The number of rotatable bonds is 16. The second-order valence-electron chi connectivity index (χ2n) is 10.2. The van der Waals surface area contributed by atoms with E-state index < -0.39 is 11.9 Å². The second-order valence-corrected chi connectivity index (χ2v) is 12.2. The number of anilines is 1. The lowest BCUT2D eigenvalue weighted by atomic mass is 10.2. The molecule has 13 heteroatoms. The quantitative estimate of drug-likeness (QED) is 0.0333. The minimum Gasteiger partial charge on any atom is -0.494 e. The van der Waals surface area contributed by atoms with Gasteiger partial charge in [0.15, 0.2) is 0 Å². The molecule has 0 saturated heterocycles. The molecular weight excluding hydrogens is 649 g/mol. The number of hydrogen-bond donors (Lipinski definition) is 0. The average molecular weight is 683 g/mol. The van der Waals surface area contributed by atoms with Crippen molar-refractivity contribution in [2.75, 3.05) is 31.2 Å². The van der Waals surface area contributed by atoms with Gasteiger partial charge in [-0.3, -0.25) is 0 Å². The van der Waals surface area contributed by atoms with Gasteiger partial charge < -0.3 is 19.1 Å². The minimum atomic E-state index is -0.488. The standard InChI is InChI=1S/C35H34N6O5S2/c1-4-32(42)45-22-8-7-21-44-28-17-9-24(10-18-28)34(43)46-29-19-13-26(14-20-29)37-39-31-23-30-33(48-31)36-35(47-30)40-38-25-11-15-27(16-12-25)41(5-2)6-3/h4,9-20,23H,1,5-8,21-22H2,2-3H3. The fraction of sp³-hybridized carbons (Fsp3) is 0.229. The lowest BCUT2D eigenvalue weighted by molar-refractivity contribution is -0.137. The third kappa shape index (κ3) is 9.62. The first-order chi connectivity index (χ1) is 23.4. The molecule has 246 valence electrons.